The van der Waals surface area contributed by atoms with E-state index < -0.39 is 44.7 Å². The second-order valence-corrected chi connectivity index (χ2v) is 10.8. The average Bonchev–Trinajstić information content (AvgIpc) is 3.31. The summed E-state index contributed by atoms with van der Waals surface area (Å²) in [6, 6.07) is 5.00. The molecule has 1 aliphatic heterocycles. The number of rotatable bonds is 9. The summed E-state index contributed by atoms with van der Waals surface area (Å²) in [5.41, 5.74) is 5.26. The van der Waals surface area contributed by atoms with Gasteiger partial charge in [0, 0.05) is 28.7 Å². The van der Waals surface area contributed by atoms with Crippen LogP contribution in [0.25, 0.3) is 5.57 Å². The van der Waals surface area contributed by atoms with Crippen molar-refractivity contribution >= 4 is 12.8 Å². The molecule has 0 radical (unpaired) electrons. The molecule has 2 aromatic rings. The van der Waals surface area contributed by atoms with E-state index in [-0.39, 0.29) is 17.4 Å². The molecule has 238 valence electrons. The van der Waals surface area contributed by atoms with Gasteiger partial charge in [0.2, 0.25) is 0 Å². The highest BCUT2D eigenvalue weighted by molar-refractivity contribution is 6.43. The lowest BCUT2D eigenvalue weighted by atomic mass is 9.87. The van der Waals surface area contributed by atoms with Crippen molar-refractivity contribution in [2.45, 2.75) is 78.7 Å². The average molecular weight is 628 g/mol. The van der Waals surface area contributed by atoms with Crippen LogP contribution in [0.3, 0.4) is 0 Å². The number of alkyl halides is 10. The Hall–Kier alpha value is -2.94. The SMILES string of the molecule is CC1=CC(C)N/C1=C(/c1c(C)cc(C)cc1C)c1c(C)cc(C)n1B(OCC(F)(F)C(F)(F)F)OCC(F)(F)C(F)(F)F. The first-order chi connectivity index (χ1) is 19.5. The van der Waals surface area contributed by atoms with E-state index in [1.165, 1.54) is 13.0 Å². The van der Waals surface area contributed by atoms with Crippen LogP contribution in [0, 0.1) is 34.6 Å². The summed E-state index contributed by atoms with van der Waals surface area (Å²) in [6.45, 7) is 7.18. The van der Waals surface area contributed by atoms with Gasteiger partial charge in [-0.2, -0.15) is 43.9 Å². The van der Waals surface area contributed by atoms with Crippen LogP contribution in [0.1, 0.15) is 53.1 Å². The van der Waals surface area contributed by atoms with Crippen LogP contribution in [0.2, 0.25) is 0 Å². The Kier molecular flexibility index (Phi) is 9.54. The molecule has 4 nitrogen and oxygen atoms in total. The quantitative estimate of drug-likeness (QED) is 0.226. The zero-order chi connectivity index (χ0) is 32.9. The summed E-state index contributed by atoms with van der Waals surface area (Å²) in [5.74, 6) is -10.9. The van der Waals surface area contributed by atoms with Crippen LogP contribution in [0.15, 0.2) is 35.5 Å². The first-order valence-electron chi connectivity index (χ1n) is 13.1. The van der Waals surface area contributed by atoms with Gasteiger partial charge in [0.1, 0.15) is 13.2 Å². The number of aryl methyl sites for hydroxylation is 5. The third-order valence-corrected chi connectivity index (χ3v) is 6.95. The molecule has 3 rings (SSSR count). The van der Waals surface area contributed by atoms with Gasteiger partial charge in [0.05, 0.1) is 0 Å². The number of benzene rings is 1. The minimum Gasteiger partial charge on any atom is -0.385 e. The van der Waals surface area contributed by atoms with Gasteiger partial charge in [0.15, 0.2) is 0 Å². The number of halogens is 10. The van der Waals surface area contributed by atoms with Crippen LogP contribution in [-0.2, 0) is 9.31 Å². The van der Waals surface area contributed by atoms with E-state index in [2.05, 4.69) is 5.32 Å². The van der Waals surface area contributed by atoms with Crippen molar-refractivity contribution < 1.29 is 53.2 Å². The highest BCUT2D eigenvalue weighted by atomic mass is 19.4. The Balaban J connectivity index is 2.32. The van der Waals surface area contributed by atoms with Crippen molar-refractivity contribution in [1.82, 2.24) is 9.79 Å². The number of hydrogen-bond donors (Lipinski definition) is 1. The summed E-state index contributed by atoms with van der Waals surface area (Å²) in [7, 11) is -2.53. The smallest absolute Gasteiger partial charge is 0.385 e. The maximum absolute atomic E-state index is 13.9. The molecule has 0 spiro atoms. The van der Waals surface area contributed by atoms with Gasteiger partial charge in [-0.15, -0.1) is 0 Å². The van der Waals surface area contributed by atoms with Crippen molar-refractivity contribution in [3.8, 4) is 0 Å². The van der Waals surface area contributed by atoms with Crippen molar-refractivity contribution in [3.05, 3.63) is 74.8 Å². The van der Waals surface area contributed by atoms with E-state index in [0.717, 1.165) is 26.7 Å². The molecule has 0 bridgehead atoms. The summed E-state index contributed by atoms with van der Waals surface area (Å²) in [6.07, 6.45) is -10.3. The maximum Gasteiger partial charge on any atom is 0.598 e. The molecule has 43 heavy (non-hydrogen) atoms. The number of nitrogens with one attached hydrogen (secondary N) is 1. The zero-order valence-electron chi connectivity index (χ0n) is 24.4. The topological polar surface area (TPSA) is 35.4 Å². The summed E-state index contributed by atoms with van der Waals surface area (Å²) in [4.78, 5) is 0. The van der Waals surface area contributed by atoms with Crippen molar-refractivity contribution in [3.63, 3.8) is 0 Å². The first-order valence-corrected chi connectivity index (χ1v) is 13.1. The number of allylic oxidation sites excluding steroid dienone is 1. The number of hydrogen-bond acceptors (Lipinski definition) is 3. The summed E-state index contributed by atoms with van der Waals surface area (Å²) < 4.78 is 144. The van der Waals surface area contributed by atoms with Gasteiger partial charge in [0.25, 0.3) is 0 Å². The minimum atomic E-state index is -6.09. The Morgan fingerprint density at radius 1 is 0.767 bits per heavy atom. The van der Waals surface area contributed by atoms with E-state index in [4.69, 9.17) is 9.31 Å². The standard InChI is InChI=1S/C28H31BF10N2O2/c1-14-8-15(2)21(16(3)9-14)22(23-17(4)10-19(6)40-23)24-18(5)11-20(7)41(24)29(42-12-25(30,31)27(34,35)36)43-13-26(32,33)28(37,38)39/h8-11,19,40H,12-13H2,1-7H3/b23-22-. The van der Waals surface area contributed by atoms with Crippen molar-refractivity contribution in [1.29, 1.82) is 0 Å². The summed E-state index contributed by atoms with van der Waals surface area (Å²) in [5, 5.41) is 3.28. The monoisotopic (exact) mass is 628 g/mol. The van der Waals surface area contributed by atoms with E-state index in [9.17, 15) is 43.9 Å². The molecule has 1 unspecified atom stereocenters. The first kappa shape index (κ1) is 34.6. The van der Waals surface area contributed by atoms with Crippen LogP contribution >= 0.6 is 0 Å². The van der Waals surface area contributed by atoms with Crippen molar-refractivity contribution in [2.24, 2.45) is 0 Å². The highest BCUT2D eigenvalue weighted by Gasteiger charge is 2.60. The largest absolute Gasteiger partial charge is 0.598 e. The number of aromatic nitrogens is 1. The van der Waals surface area contributed by atoms with Crippen LogP contribution in [0.5, 0.6) is 0 Å². The van der Waals surface area contributed by atoms with Crippen LogP contribution in [0.4, 0.5) is 43.9 Å². The Morgan fingerprint density at radius 3 is 1.63 bits per heavy atom. The molecule has 0 amide bonds. The molecule has 1 aromatic carbocycles. The predicted octanol–water partition coefficient (Wildman–Crippen LogP) is 7.99. The van der Waals surface area contributed by atoms with Gasteiger partial charge < -0.3 is 19.1 Å². The van der Waals surface area contributed by atoms with Crippen molar-refractivity contribution in [2.75, 3.05) is 13.2 Å². The lowest BCUT2D eigenvalue weighted by molar-refractivity contribution is -0.295. The van der Waals surface area contributed by atoms with Gasteiger partial charge in [-0.3, -0.25) is 0 Å². The third-order valence-electron chi connectivity index (χ3n) is 6.95. The van der Waals surface area contributed by atoms with Gasteiger partial charge in [-0.05, 0) is 82.4 Å². The van der Waals surface area contributed by atoms with E-state index in [1.807, 2.05) is 32.1 Å². The lowest BCUT2D eigenvalue weighted by Crippen LogP contribution is -2.48. The molecule has 15 heteroatoms. The third kappa shape index (κ3) is 7.08. The molecule has 1 N–H and O–H groups in total. The molecule has 2 heterocycles. The molecular weight excluding hydrogens is 597 g/mol. The zero-order valence-corrected chi connectivity index (χ0v) is 24.4. The summed E-state index contributed by atoms with van der Waals surface area (Å²) >= 11 is 0. The van der Waals surface area contributed by atoms with E-state index >= 15 is 0 Å². The lowest BCUT2D eigenvalue weighted by Gasteiger charge is -2.28. The van der Waals surface area contributed by atoms with Crippen LogP contribution in [-0.4, -0.2) is 55.2 Å². The molecule has 1 aliphatic rings. The maximum atomic E-state index is 13.9. The molecule has 0 saturated carbocycles. The predicted molar refractivity (Wildman–Crippen MR) is 142 cm³/mol. The molecular formula is C28H31BF10N2O2. The van der Waals surface area contributed by atoms with E-state index in [0.29, 0.717) is 22.4 Å². The highest BCUT2D eigenvalue weighted by Crippen LogP contribution is 2.41. The Morgan fingerprint density at radius 2 is 1.23 bits per heavy atom. The number of nitrogens with zero attached hydrogens (tertiary/aromatic N) is 1. The van der Waals surface area contributed by atoms with Gasteiger partial charge >= 0.3 is 31.5 Å². The van der Waals surface area contributed by atoms with E-state index in [1.54, 1.807) is 27.7 Å². The Bertz CT molecular complexity index is 1370. The molecule has 0 saturated heterocycles. The fraction of sp³-hybridized carbons (Fsp3) is 0.500. The molecule has 0 aliphatic carbocycles. The molecule has 0 fully saturated rings. The second kappa shape index (κ2) is 11.9. The fourth-order valence-corrected chi connectivity index (χ4v) is 5.17. The normalized spacial score (nSPS) is 17.7. The fourth-order valence-electron chi connectivity index (χ4n) is 5.17. The van der Waals surface area contributed by atoms with Gasteiger partial charge in [-0.25, -0.2) is 0 Å². The second-order valence-electron chi connectivity index (χ2n) is 10.8. The molecule has 1 atom stereocenters. The Labute approximate surface area is 242 Å². The van der Waals surface area contributed by atoms with Gasteiger partial charge in [-0.1, -0.05) is 23.8 Å². The minimum absolute atomic E-state index is 0.0799. The molecule has 1 aromatic heterocycles. The van der Waals surface area contributed by atoms with Crippen LogP contribution < -0.4 is 5.32 Å².